The van der Waals surface area contributed by atoms with Crippen LogP contribution in [-0.4, -0.2) is 11.5 Å². The second-order valence-corrected chi connectivity index (χ2v) is 5.51. The molecule has 2 rings (SSSR count). The Labute approximate surface area is 131 Å². The lowest BCUT2D eigenvalue weighted by Gasteiger charge is -2.11. The van der Waals surface area contributed by atoms with Gasteiger partial charge in [-0.3, -0.25) is 0 Å². The summed E-state index contributed by atoms with van der Waals surface area (Å²) in [7, 11) is 0. The molecule has 1 heterocycles. The topological polar surface area (TPSA) is 34.2 Å². The van der Waals surface area contributed by atoms with Crippen LogP contribution >= 0.6 is 11.6 Å². The van der Waals surface area contributed by atoms with Crippen LogP contribution in [0.15, 0.2) is 30.5 Å². The second-order valence-electron chi connectivity index (χ2n) is 5.11. The van der Waals surface area contributed by atoms with Crippen LogP contribution in [0.25, 0.3) is 0 Å². The molecule has 21 heavy (non-hydrogen) atoms. The summed E-state index contributed by atoms with van der Waals surface area (Å²) in [5, 5.41) is 3.86. The van der Waals surface area contributed by atoms with E-state index in [0.717, 1.165) is 36.4 Å². The van der Waals surface area contributed by atoms with Crippen molar-refractivity contribution in [2.75, 3.05) is 6.54 Å². The molecule has 112 valence electrons. The third-order valence-corrected chi connectivity index (χ3v) is 3.65. The third kappa shape index (κ3) is 4.19. The average molecular weight is 305 g/mol. The SMILES string of the molecule is CCCNCc1cnc(Oc2cccc(C)c2C)c(Cl)c1. The Balaban J connectivity index is 2.12. The zero-order valence-electron chi connectivity index (χ0n) is 12.7. The fourth-order valence-electron chi connectivity index (χ4n) is 1.99. The lowest BCUT2D eigenvalue weighted by Crippen LogP contribution is -2.13. The molecule has 1 aromatic carbocycles. The Morgan fingerprint density at radius 1 is 1.29 bits per heavy atom. The molecular formula is C17H21ClN2O. The summed E-state index contributed by atoms with van der Waals surface area (Å²) in [5.74, 6) is 1.24. The molecule has 3 nitrogen and oxygen atoms in total. The molecule has 0 amide bonds. The lowest BCUT2D eigenvalue weighted by atomic mass is 10.1. The van der Waals surface area contributed by atoms with Gasteiger partial charge in [0.25, 0.3) is 0 Å². The number of halogens is 1. The summed E-state index contributed by atoms with van der Waals surface area (Å²) in [5.41, 5.74) is 3.34. The molecule has 0 saturated heterocycles. The molecule has 0 aliphatic rings. The van der Waals surface area contributed by atoms with Crippen molar-refractivity contribution in [2.24, 2.45) is 0 Å². The Morgan fingerprint density at radius 2 is 2.10 bits per heavy atom. The first-order chi connectivity index (χ1) is 10.1. The maximum atomic E-state index is 6.27. The second kappa shape index (κ2) is 7.43. The smallest absolute Gasteiger partial charge is 0.238 e. The van der Waals surface area contributed by atoms with E-state index in [2.05, 4.69) is 30.2 Å². The maximum absolute atomic E-state index is 6.27. The summed E-state index contributed by atoms with van der Waals surface area (Å²) in [6.45, 7) is 7.98. The first kappa shape index (κ1) is 15.8. The van der Waals surface area contributed by atoms with E-state index in [-0.39, 0.29) is 0 Å². The van der Waals surface area contributed by atoms with Crippen LogP contribution < -0.4 is 10.1 Å². The number of ether oxygens (including phenoxy) is 1. The van der Waals surface area contributed by atoms with E-state index in [1.807, 2.05) is 25.1 Å². The van der Waals surface area contributed by atoms with Gasteiger partial charge in [-0.15, -0.1) is 0 Å². The number of aromatic nitrogens is 1. The van der Waals surface area contributed by atoms with Crippen molar-refractivity contribution in [1.29, 1.82) is 0 Å². The predicted molar refractivity (Wildman–Crippen MR) is 87.2 cm³/mol. The van der Waals surface area contributed by atoms with Crippen molar-refractivity contribution in [1.82, 2.24) is 10.3 Å². The van der Waals surface area contributed by atoms with E-state index in [1.165, 1.54) is 5.56 Å². The normalized spacial score (nSPS) is 10.7. The first-order valence-corrected chi connectivity index (χ1v) is 7.58. The fraction of sp³-hybridized carbons (Fsp3) is 0.353. The molecule has 0 bridgehead atoms. The molecule has 1 N–H and O–H groups in total. The van der Waals surface area contributed by atoms with Gasteiger partial charge in [-0.05, 0) is 55.6 Å². The minimum Gasteiger partial charge on any atom is -0.437 e. The Kier molecular flexibility index (Phi) is 5.59. The molecule has 0 spiro atoms. The van der Waals surface area contributed by atoms with Crippen molar-refractivity contribution in [3.8, 4) is 11.6 Å². The van der Waals surface area contributed by atoms with Crippen molar-refractivity contribution < 1.29 is 4.74 Å². The van der Waals surface area contributed by atoms with Gasteiger partial charge in [0.2, 0.25) is 5.88 Å². The molecule has 0 saturated carbocycles. The van der Waals surface area contributed by atoms with E-state index in [1.54, 1.807) is 6.20 Å². The van der Waals surface area contributed by atoms with Crippen LogP contribution in [0.5, 0.6) is 11.6 Å². The van der Waals surface area contributed by atoms with E-state index >= 15 is 0 Å². The zero-order chi connectivity index (χ0) is 15.2. The summed E-state index contributed by atoms with van der Waals surface area (Å²) < 4.78 is 5.84. The minimum atomic E-state index is 0.449. The highest BCUT2D eigenvalue weighted by molar-refractivity contribution is 6.31. The average Bonchev–Trinajstić information content (AvgIpc) is 2.47. The predicted octanol–water partition coefficient (Wildman–Crippen LogP) is 4.64. The third-order valence-electron chi connectivity index (χ3n) is 3.38. The van der Waals surface area contributed by atoms with Gasteiger partial charge in [0.1, 0.15) is 10.8 Å². The fourth-order valence-corrected chi connectivity index (χ4v) is 2.21. The van der Waals surface area contributed by atoms with Crippen molar-refractivity contribution >= 4 is 11.6 Å². The van der Waals surface area contributed by atoms with Gasteiger partial charge >= 0.3 is 0 Å². The number of nitrogens with zero attached hydrogens (tertiary/aromatic N) is 1. The number of hydrogen-bond acceptors (Lipinski definition) is 3. The number of rotatable bonds is 6. The number of pyridine rings is 1. The quantitative estimate of drug-likeness (QED) is 0.789. The van der Waals surface area contributed by atoms with Gasteiger partial charge in [-0.1, -0.05) is 30.7 Å². The molecule has 0 aliphatic carbocycles. The van der Waals surface area contributed by atoms with Gasteiger partial charge in [-0.25, -0.2) is 4.98 Å². The molecule has 0 aliphatic heterocycles. The standard InChI is InChI=1S/C17H21ClN2O/c1-4-8-19-10-14-9-15(18)17(20-11-14)21-16-7-5-6-12(2)13(16)3/h5-7,9,11,19H,4,8,10H2,1-3H3. The zero-order valence-corrected chi connectivity index (χ0v) is 13.5. The van der Waals surface area contributed by atoms with Crippen molar-refractivity contribution in [2.45, 2.75) is 33.7 Å². The number of nitrogens with one attached hydrogen (secondary N) is 1. The Bertz CT molecular complexity index is 614. The van der Waals surface area contributed by atoms with E-state index in [4.69, 9.17) is 16.3 Å². The highest BCUT2D eigenvalue weighted by Crippen LogP contribution is 2.30. The largest absolute Gasteiger partial charge is 0.437 e. The molecule has 0 unspecified atom stereocenters. The van der Waals surface area contributed by atoms with Crippen LogP contribution in [0, 0.1) is 13.8 Å². The van der Waals surface area contributed by atoms with Crippen molar-refractivity contribution in [3.63, 3.8) is 0 Å². The summed E-state index contributed by atoms with van der Waals surface area (Å²) >= 11 is 6.27. The molecule has 2 aromatic rings. The highest BCUT2D eigenvalue weighted by atomic mass is 35.5. The summed E-state index contributed by atoms with van der Waals surface area (Å²) in [6.07, 6.45) is 2.91. The number of hydrogen-bond donors (Lipinski definition) is 1. The van der Waals surface area contributed by atoms with E-state index in [0.29, 0.717) is 10.9 Å². The Hall–Kier alpha value is -1.58. The van der Waals surface area contributed by atoms with Crippen molar-refractivity contribution in [3.05, 3.63) is 52.2 Å². The summed E-state index contributed by atoms with van der Waals surface area (Å²) in [6, 6.07) is 7.85. The van der Waals surface area contributed by atoms with Gasteiger partial charge in [0.05, 0.1) is 0 Å². The highest BCUT2D eigenvalue weighted by Gasteiger charge is 2.09. The maximum Gasteiger partial charge on any atom is 0.238 e. The van der Waals surface area contributed by atoms with Gasteiger partial charge in [0, 0.05) is 12.7 Å². The van der Waals surface area contributed by atoms with E-state index in [9.17, 15) is 0 Å². The lowest BCUT2D eigenvalue weighted by molar-refractivity contribution is 0.458. The minimum absolute atomic E-state index is 0.449. The van der Waals surface area contributed by atoms with Gasteiger partial charge in [0.15, 0.2) is 0 Å². The van der Waals surface area contributed by atoms with Crippen LogP contribution in [0.2, 0.25) is 5.02 Å². The number of aryl methyl sites for hydroxylation is 1. The molecular weight excluding hydrogens is 284 g/mol. The molecule has 4 heteroatoms. The van der Waals surface area contributed by atoms with Gasteiger partial charge < -0.3 is 10.1 Å². The van der Waals surface area contributed by atoms with Crippen LogP contribution in [0.4, 0.5) is 0 Å². The van der Waals surface area contributed by atoms with Crippen LogP contribution in [-0.2, 0) is 6.54 Å². The van der Waals surface area contributed by atoms with Crippen LogP contribution in [0.3, 0.4) is 0 Å². The molecule has 0 radical (unpaired) electrons. The Morgan fingerprint density at radius 3 is 2.81 bits per heavy atom. The molecule has 0 atom stereocenters. The molecule has 1 aromatic heterocycles. The van der Waals surface area contributed by atoms with E-state index < -0.39 is 0 Å². The molecule has 0 fully saturated rings. The first-order valence-electron chi connectivity index (χ1n) is 7.21. The number of benzene rings is 1. The van der Waals surface area contributed by atoms with Gasteiger partial charge in [-0.2, -0.15) is 0 Å². The monoisotopic (exact) mass is 304 g/mol. The van der Waals surface area contributed by atoms with Crippen LogP contribution in [0.1, 0.15) is 30.0 Å². The summed E-state index contributed by atoms with van der Waals surface area (Å²) in [4.78, 5) is 4.33.